The number of nitrogens with one attached hydrogen (secondary N) is 1. The van der Waals surface area contributed by atoms with E-state index >= 15 is 0 Å². The predicted molar refractivity (Wildman–Crippen MR) is 57.0 cm³/mol. The number of amides is 2. The second-order valence-corrected chi connectivity index (χ2v) is 4.11. The molecule has 0 aromatic heterocycles. The number of hydrogen-bond donors (Lipinski definition) is 2. The molecule has 5 nitrogen and oxygen atoms in total. The third-order valence-corrected chi connectivity index (χ3v) is 2.90. The standard InChI is InChI=1S/C10H19N3O2/c1-7-5-10(15)13(6-8(7)11)4-3-9(14)12-2/h7-8H,3-6,11H2,1-2H3,(H,12,14). The topological polar surface area (TPSA) is 75.4 Å². The van der Waals surface area contributed by atoms with Gasteiger partial charge in [0.2, 0.25) is 11.8 Å². The summed E-state index contributed by atoms with van der Waals surface area (Å²) in [7, 11) is 1.59. The van der Waals surface area contributed by atoms with Gasteiger partial charge in [-0.25, -0.2) is 0 Å². The summed E-state index contributed by atoms with van der Waals surface area (Å²) >= 11 is 0. The SMILES string of the molecule is CNC(=O)CCN1CC(N)C(C)CC1=O. The Bertz CT molecular complexity index is 255. The lowest BCUT2D eigenvalue weighted by atomic mass is 9.93. The summed E-state index contributed by atoms with van der Waals surface area (Å²) < 4.78 is 0. The first-order chi connectivity index (χ1) is 7.04. The van der Waals surface area contributed by atoms with Crippen LogP contribution >= 0.6 is 0 Å². The number of nitrogens with zero attached hydrogens (tertiary/aromatic N) is 1. The first kappa shape index (κ1) is 12.0. The number of likely N-dealkylation sites (tertiary alicyclic amines) is 1. The highest BCUT2D eigenvalue weighted by Gasteiger charge is 2.28. The lowest BCUT2D eigenvalue weighted by Gasteiger charge is -2.34. The Morgan fingerprint density at radius 1 is 1.67 bits per heavy atom. The van der Waals surface area contributed by atoms with Crippen molar-refractivity contribution < 1.29 is 9.59 Å². The average molecular weight is 213 g/mol. The lowest BCUT2D eigenvalue weighted by Crippen LogP contribution is -2.51. The van der Waals surface area contributed by atoms with Crippen LogP contribution in [0.5, 0.6) is 0 Å². The highest BCUT2D eigenvalue weighted by molar-refractivity contribution is 5.79. The largest absolute Gasteiger partial charge is 0.359 e. The lowest BCUT2D eigenvalue weighted by molar-refractivity contribution is -0.136. The van der Waals surface area contributed by atoms with E-state index < -0.39 is 0 Å². The average Bonchev–Trinajstić information content (AvgIpc) is 2.21. The minimum absolute atomic E-state index is 0.0346. The van der Waals surface area contributed by atoms with Crippen molar-refractivity contribution in [2.75, 3.05) is 20.1 Å². The summed E-state index contributed by atoms with van der Waals surface area (Å²) in [5, 5.41) is 2.53. The van der Waals surface area contributed by atoms with Crippen LogP contribution in [-0.4, -0.2) is 42.9 Å². The van der Waals surface area contributed by atoms with Crippen molar-refractivity contribution in [3.05, 3.63) is 0 Å². The first-order valence-electron chi connectivity index (χ1n) is 5.28. The van der Waals surface area contributed by atoms with Crippen LogP contribution < -0.4 is 11.1 Å². The fraction of sp³-hybridized carbons (Fsp3) is 0.800. The molecule has 0 bridgehead atoms. The Labute approximate surface area is 90.0 Å². The van der Waals surface area contributed by atoms with Crippen LogP contribution in [0.15, 0.2) is 0 Å². The molecule has 15 heavy (non-hydrogen) atoms. The number of nitrogens with two attached hydrogens (primary N) is 1. The zero-order valence-electron chi connectivity index (χ0n) is 9.32. The van der Waals surface area contributed by atoms with Crippen molar-refractivity contribution in [3.63, 3.8) is 0 Å². The van der Waals surface area contributed by atoms with E-state index in [2.05, 4.69) is 5.32 Å². The Morgan fingerprint density at radius 2 is 2.33 bits per heavy atom. The van der Waals surface area contributed by atoms with E-state index in [1.807, 2.05) is 6.92 Å². The van der Waals surface area contributed by atoms with E-state index in [4.69, 9.17) is 5.73 Å². The van der Waals surface area contributed by atoms with Gasteiger partial charge >= 0.3 is 0 Å². The molecule has 1 aliphatic rings. The normalized spacial score (nSPS) is 26.6. The van der Waals surface area contributed by atoms with Gasteiger partial charge in [-0.3, -0.25) is 9.59 Å². The molecule has 1 fully saturated rings. The Balaban J connectivity index is 2.41. The van der Waals surface area contributed by atoms with Crippen LogP contribution in [0, 0.1) is 5.92 Å². The van der Waals surface area contributed by atoms with Crippen molar-refractivity contribution in [1.29, 1.82) is 0 Å². The van der Waals surface area contributed by atoms with Crippen molar-refractivity contribution in [1.82, 2.24) is 10.2 Å². The molecule has 1 saturated heterocycles. The van der Waals surface area contributed by atoms with Gasteiger partial charge in [-0.05, 0) is 5.92 Å². The van der Waals surface area contributed by atoms with Gasteiger partial charge in [-0.1, -0.05) is 6.92 Å². The zero-order chi connectivity index (χ0) is 11.4. The summed E-state index contributed by atoms with van der Waals surface area (Å²) in [6.07, 6.45) is 0.845. The molecule has 1 rings (SSSR count). The van der Waals surface area contributed by atoms with Crippen molar-refractivity contribution >= 4 is 11.8 Å². The molecule has 2 amide bonds. The van der Waals surface area contributed by atoms with E-state index in [-0.39, 0.29) is 23.8 Å². The fourth-order valence-corrected chi connectivity index (χ4v) is 1.67. The van der Waals surface area contributed by atoms with E-state index in [0.29, 0.717) is 25.9 Å². The predicted octanol–water partition coefficient (Wildman–Crippen LogP) is -0.682. The smallest absolute Gasteiger partial charge is 0.222 e. The summed E-state index contributed by atoms with van der Waals surface area (Å²) in [6, 6.07) is 0.0346. The third-order valence-electron chi connectivity index (χ3n) is 2.90. The minimum atomic E-state index is -0.0463. The van der Waals surface area contributed by atoms with E-state index in [0.717, 1.165) is 0 Å². The molecule has 3 N–H and O–H groups in total. The maximum absolute atomic E-state index is 11.6. The van der Waals surface area contributed by atoms with Gasteiger partial charge in [0.25, 0.3) is 0 Å². The molecule has 1 aliphatic heterocycles. The van der Waals surface area contributed by atoms with Gasteiger partial charge in [-0.15, -0.1) is 0 Å². The summed E-state index contributed by atoms with van der Waals surface area (Å²) in [4.78, 5) is 24.3. The molecule has 0 spiro atoms. The van der Waals surface area contributed by atoms with Crippen LogP contribution in [0.1, 0.15) is 19.8 Å². The second kappa shape index (κ2) is 5.11. The van der Waals surface area contributed by atoms with Crippen molar-refractivity contribution in [2.24, 2.45) is 11.7 Å². The first-order valence-corrected chi connectivity index (χ1v) is 5.28. The molecular weight excluding hydrogens is 194 g/mol. The Kier molecular flexibility index (Phi) is 4.08. The number of piperidine rings is 1. The summed E-state index contributed by atoms with van der Waals surface area (Å²) in [5.41, 5.74) is 5.88. The van der Waals surface area contributed by atoms with E-state index in [9.17, 15) is 9.59 Å². The molecule has 0 saturated carbocycles. The molecular formula is C10H19N3O2. The molecule has 0 aromatic carbocycles. The van der Waals surface area contributed by atoms with Gasteiger partial charge in [0.15, 0.2) is 0 Å². The molecule has 1 heterocycles. The summed E-state index contributed by atoms with van der Waals surface area (Å²) in [5.74, 6) is 0.303. The maximum Gasteiger partial charge on any atom is 0.222 e. The van der Waals surface area contributed by atoms with Crippen LogP contribution in [0.3, 0.4) is 0 Å². The Morgan fingerprint density at radius 3 is 2.93 bits per heavy atom. The van der Waals surface area contributed by atoms with Crippen LogP contribution in [0.2, 0.25) is 0 Å². The van der Waals surface area contributed by atoms with Crippen LogP contribution in [0.25, 0.3) is 0 Å². The van der Waals surface area contributed by atoms with Crippen molar-refractivity contribution in [2.45, 2.75) is 25.8 Å². The van der Waals surface area contributed by atoms with Gasteiger partial charge in [0.05, 0.1) is 0 Å². The molecule has 2 unspecified atom stereocenters. The monoisotopic (exact) mass is 213 g/mol. The van der Waals surface area contributed by atoms with Crippen LogP contribution in [0.4, 0.5) is 0 Å². The maximum atomic E-state index is 11.6. The second-order valence-electron chi connectivity index (χ2n) is 4.11. The van der Waals surface area contributed by atoms with E-state index in [1.165, 1.54) is 0 Å². The molecule has 0 aromatic rings. The number of hydrogen-bond acceptors (Lipinski definition) is 3. The number of carbonyl (C=O) groups excluding carboxylic acids is 2. The van der Waals surface area contributed by atoms with Crippen LogP contribution in [-0.2, 0) is 9.59 Å². The van der Waals surface area contributed by atoms with Gasteiger partial charge < -0.3 is 16.0 Å². The molecule has 2 atom stereocenters. The fourth-order valence-electron chi connectivity index (χ4n) is 1.67. The highest BCUT2D eigenvalue weighted by Crippen LogP contribution is 2.16. The molecule has 86 valence electrons. The van der Waals surface area contributed by atoms with Gasteiger partial charge in [0, 0.05) is 39.0 Å². The van der Waals surface area contributed by atoms with Crippen molar-refractivity contribution in [3.8, 4) is 0 Å². The third kappa shape index (κ3) is 3.20. The minimum Gasteiger partial charge on any atom is -0.359 e. The molecule has 0 aliphatic carbocycles. The van der Waals surface area contributed by atoms with Gasteiger partial charge in [0.1, 0.15) is 0 Å². The zero-order valence-corrected chi connectivity index (χ0v) is 9.32. The number of carbonyl (C=O) groups is 2. The molecule has 0 radical (unpaired) electrons. The summed E-state index contributed by atoms with van der Waals surface area (Å²) in [6.45, 7) is 3.02. The van der Waals surface area contributed by atoms with E-state index in [1.54, 1.807) is 11.9 Å². The quantitative estimate of drug-likeness (QED) is 0.652. The Hall–Kier alpha value is -1.10. The van der Waals surface area contributed by atoms with Gasteiger partial charge in [-0.2, -0.15) is 0 Å². The number of rotatable bonds is 3. The highest BCUT2D eigenvalue weighted by atomic mass is 16.2. The molecule has 5 heteroatoms.